The summed E-state index contributed by atoms with van der Waals surface area (Å²) in [5, 5.41) is 4.37. The fourth-order valence-electron chi connectivity index (χ4n) is 2.58. The number of hydrogen-bond donors (Lipinski definition) is 0. The number of aromatic nitrogens is 3. The van der Waals surface area contributed by atoms with E-state index in [9.17, 15) is 4.79 Å². The fraction of sp³-hybridized carbons (Fsp3) is 0.0500. The first-order valence-corrected chi connectivity index (χ1v) is 9.76. The van der Waals surface area contributed by atoms with Gasteiger partial charge in [-0.05, 0) is 24.3 Å². The SMILES string of the molecule is C=CCOc1ccccc1/C=c1\sc2nc(-c3ccc(Br)cc3)nn2c1=O. The molecule has 134 valence electrons. The molecule has 0 aliphatic heterocycles. The number of benzene rings is 2. The van der Waals surface area contributed by atoms with Crippen LogP contribution < -0.4 is 14.8 Å². The highest BCUT2D eigenvalue weighted by Gasteiger charge is 2.12. The van der Waals surface area contributed by atoms with Crippen molar-refractivity contribution in [1.82, 2.24) is 14.6 Å². The zero-order chi connectivity index (χ0) is 18.8. The van der Waals surface area contributed by atoms with Crippen LogP contribution in [-0.4, -0.2) is 21.2 Å². The summed E-state index contributed by atoms with van der Waals surface area (Å²) in [4.78, 5) is 17.8. The molecule has 0 aliphatic rings. The van der Waals surface area contributed by atoms with Crippen LogP contribution in [0.2, 0.25) is 0 Å². The molecule has 0 aliphatic carbocycles. The van der Waals surface area contributed by atoms with Gasteiger partial charge in [-0.3, -0.25) is 4.79 Å². The molecule has 4 rings (SSSR count). The Morgan fingerprint density at radius 2 is 1.96 bits per heavy atom. The van der Waals surface area contributed by atoms with Crippen LogP contribution in [0.4, 0.5) is 0 Å². The molecular weight excluding hydrogens is 426 g/mol. The number of para-hydroxylation sites is 1. The zero-order valence-corrected chi connectivity index (χ0v) is 16.5. The van der Waals surface area contributed by atoms with Crippen molar-refractivity contribution >= 4 is 38.3 Å². The van der Waals surface area contributed by atoms with Gasteiger partial charge in [0.2, 0.25) is 4.96 Å². The summed E-state index contributed by atoms with van der Waals surface area (Å²) >= 11 is 4.71. The number of ether oxygens (including phenoxy) is 1. The van der Waals surface area contributed by atoms with Gasteiger partial charge in [0, 0.05) is 15.6 Å². The highest BCUT2D eigenvalue weighted by atomic mass is 79.9. The van der Waals surface area contributed by atoms with Gasteiger partial charge in [-0.15, -0.1) is 5.10 Å². The summed E-state index contributed by atoms with van der Waals surface area (Å²) in [5.41, 5.74) is 1.50. The molecule has 0 fully saturated rings. The van der Waals surface area contributed by atoms with Gasteiger partial charge in [0.1, 0.15) is 12.4 Å². The fourth-order valence-corrected chi connectivity index (χ4v) is 3.74. The Labute approximate surface area is 167 Å². The van der Waals surface area contributed by atoms with Gasteiger partial charge in [-0.1, -0.05) is 70.3 Å². The van der Waals surface area contributed by atoms with Crippen LogP contribution in [0.5, 0.6) is 5.75 Å². The van der Waals surface area contributed by atoms with E-state index in [1.54, 1.807) is 12.2 Å². The van der Waals surface area contributed by atoms with Crippen LogP contribution in [0, 0.1) is 0 Å². The van der Waals surface area contributed by atoms with E-state index in [0.29, 0.717) is 27.7 Å². The van der Waals surface area contributed by atoms with Crippen molar-refractivity contribution in [3.63, 3.8) is 0 Å². The van der Waals surface area contributed by atoms with Crippen LogP contribution in [0.15, 0.2) is 70.5 Å². The van der Waals surface area contributed by atoms with E-state index >= 15 is 0 Å². The molecule has 0 bridgehead atoms. The van der Waals surface area contributed by atoms with Crippen LogP contribution in [-0.2, 0) is 0 Å². The maximum atomic E-state index is 12.7. The highest BCUT2D eigenvalue weighted by molar-refractivity contribution is 9.10. The third kappa shape index (κ3) is 3.56. The van der Waals surface area contributed by atoms with Crippen molar-refractivity contribution in [3.8, 4) is 17.1 Å². The topological polar surface area (TPSA) is 56.5 Å². The van der Waals surface area contributed by atoms with Crippen molar-refractivity contribution < 1.29 is 4.74 Å². The number of halogens is 1. The normalized spacial score (nSPS) is 11.8. The third-order valence-electron chi connectivity index (χ3n) is 3.85. The van der Waals surface area contributed by atoms with Crippen LogP contribution in [0.3, 0.4) is 0 Å². The Bertz CT molecular complexity index is 1230. The lowest BCUT2D eigenvalue weighted by molar-refractivity contribution is 0.362. The molecule has 0 atom stereocenters. The standard InChI is InChI=1S/C20H14BrN3O2S/c1-2-11-26-16-6-4-3-5-14(16)12-17-19(25)24-20(27-17)22-18(23-24)13-7-9-15(21)10-8-13/h2-10,12H,1,11H2/b17-12-. The predicted molar refractivity (Wildman–Crippen MR) is 111 cm³/mol. The van der Waals surface area contributed by atoms with Crippen molar-refractivity contribution in [2.45, 2.75) is 0 Å². The predicted octanol–water partition coefficient (Wildman–Crippen LogP) is 3.69. The Morgan fingerprint density at radius 3 is 2.70 bits per heavy atom. The Morgan fingerprint density at radius 1 is 1.19 bits per heavy atom. The second-order valence-electron chi connectivity index (χ2n) is 5.69. The highest BCUT2D eigenvalue weighted by Crippen LogP contribution is 2.20. The molecule has 2 aromatic carbocycles. The number of nitrogens with zero attached hydrogens (tertiary/aromatic N) is 3. The van der Waals surface area contributed by atoms with E-state index in [1.807, 2.05) is 48.5 Å². The second-order valence-corrected chi connectivity index (χ2v) is 7.61. The molecule has 0 saturated carbocycles. The first-order chi connectivity index (χ1) is 13.2. The smallest absolute Gasteiger partial charge is 0.291 e. The average Bonchev–Trinajstić information content (AvgIpc) is 3.21. The molecule has 7 heteroatoms. The van der Waals surface area contributed by atoms with E-state index in [4.69, 9.17) is 4.74 Å². The van der Waals surface area contributed by atoms with E-state index in [1.165, 1.54) is 15.9 Å². The summed E-state index contributed by atoms with van der Waals surface area (Å²) in [5.74, 6) is 1.23. The molecular formula is C20H14BrN3O2S. The summed E-state index contributed by atoms with van der Waals surface area (Å²) in [6, 6.07) is 15.2. The molecule has 5 nitrogen and oxygen atoms in total. The Hall–Kier alpha value is -2.77. The first kappa shape index (κ1) is 17.6. The molecule has 4 aromatic rings. The Balaban J connectivity index is 1.76. The van der Waals surface area contributed by atoms with Gasteiger partial charge in [0.25, 0.3) is 5.56 Å². The second kappa shape index (κ2) is 7.46. The maximum Gasteiger partial charge on any atom is 0.291 e. The minimum atomic E-state index is -0.190. The largest absolute Gasteiger partial charge is 0.489 e. The average molecular weight is 440 g/mol. The molecule has 0 spiro atoms. The van der Waals surface area contributed by atoms with Crippen molar-refractivity contribution in [3.05, 3.63) is 86.1 Å². The van der Waals surface area contributed by atoms with E-state index in [0.717, 1.165) is 15.6 Å². The summed E-state index contributed by atoms with van der Waals surface area (Å²) in [7, 11) is 0. The maximum absolute atomic E-state index is 12.7. The zero-order valence-electron chi connectivity index (χ0n) is 14.1. The van der Waals surface area contributed by atoms with Gasteiger partial charge in [-0.25, -0.2) is 0 Å². The molecule has 0 radical (unpaired) electrons. The van der Waals surface area contributed by atoms with Crippen LogP contribution in [0.25, 0.3) is 22.4 Å². The number of thiazole rings is 1. The lowest BCUT2D eigenvalue weighted by Gasteiger charge is -2.05. The minimum absolute atomic E-state index is 0.190. The number of rotatable bonds is 5. The summed E-state index contributed by atoms with van der Waals surface area (Å²) in [6.07, 6.45) is 3.49. The minimum Gasteiger partial charge on any atom is -0.489 e. The van der Waals surface area contributed by atoms with E-state index in [-0.39, 0.29) is 5.56 Å². The van der Waals surface area contributed by atoms with E-state index in [2.05, 4.69) is 32.6 Å². The van der Waals surface area contributed by atoms with Gasteiger partial charge in [-0.2, -0.15) is 9.50 Å². The molecule has 0 saturated heterocycles. The molecule has 0 amide bonds. The Kier molecular flexibility index (Phi) is 4.87. The van der Waals surface area contributed by atoms with E-state index < -0.39 is 0 Å². The summed E-state index contributed by atoms with van der Waals surface area (Å²) in [6.45, 7) is 4.06. The van der Waals surface area contributed by atoms with Crippen LogP contribution in [0.1, 0.15) is 5.56 Å². The summed E-state index contributed by atoms with van der Waals surface area (Å²) < 4.78 is 8.54. The molecule has 0 N–H and O–H groups in total. The lowest BCUT2D eigenvalue weighted by Crippen LogP contribution is -2.23. The van der Waals surface area contributed by atoms with Gasteiger partial charge in [0.05, 0.1) is 4.53 Å². The monoisotopic (exact) mass is 439 g/mol. The lowest BCUT2D eigenvalue weighted by atomic mass is 10.2. The number of fused-ring (bicyclic) bond motifs is 1. The van der Waals surface area contributed by atoms with Crippen LogP contribution >= 0.6 is 27.3 Å². The van der Waals surface area contributed by atoms with Crippen molar-refractivity contribution in [2.24, 2.45) is 0 Å². The molecule has 2 aromatic heterocycles. The van der Waals surface area contributed by atoms with Crippen molar-refractivity contribution in [2.75, 3.05) is 6.61 Å². The van der Waals surface area contributed by atoms with Gasteiger partial charge < -0.3 is 4.74 Å². The van der Waals surface area contributed by atoms with Crippen molar-refractivity contribution in [1.29, 1.82) is 0 Å². The van der Waals surface area contributed by atoms with Gasteiger partial charge >= 0.3 is 0 Å². The molecule has 2 heterocycles. The first-order valence-electron chi connectivity index (χ1n) is 8.15. The quantitative estimate of drug-likeness (QED) is 0.445. The number of hydrogen-bond acceptors (Lipinski definition) is 5. The van der Waals surface area contributed by atoms with Gasteiger partial charge in [0.15, 0.2) is 5.82 Å². The molecule has 27 heavy (non-hydrogen) atoms. The molecule has 0 unspecified atom stereocenters. The third-order valence-corrected chi connectivity index (χ3v) is 5.33.